The molecule has 5 nitrogen and oxygen atoms in total. The van der Waals surface area contributed by atoms with Gasteiger partial charge in [-0.2, -0.15) is 0 Å². The molecular weight excluding hydrogens is 280 g/mol. The van der Waals surface area contributed by atoms with Gasteiger partial charge < -0.3 is 15.8 Å². The maximum atomic E-state index is 12.0. The van der Waals surface area contributed by atoms with Crippen LogP contribution in [0.1, 0.15) is 30.1 Å². The lowest BCUT2D eigenvalue weighted by Crippen LogP contribution is -2.21. The van der Waals surface area contributed by atoms with Gasteiger partial charge in [-0.15, -0.1) is 0 Å². The molecule has 0 bridgehead atoms. The molecule has 0 radical (unpaired) electrons. The highest BCUT2D eigenvalue weighted by atomic mass is 35.5. The molecule has 1 unspecified atom stereocenters. The summed E-state index contributed by atoms with van der Waals surface area (Å²) in [5.74, 6) is -0.797. The highest BCUT2D eigenvalue weighted by molar-refractivity contribution is 6.33. The average molecular weight is 299 g/mol. The average Bonchev–Trinajstić information content (AvgIpc) is 2.45. The number of nitrogens with two attached hydrogens (primary N) is 1. The summed E-state index contributed by atoms with van der Waals surface area (Å²) in [6, 6.07) is 4.69. The summed E-state index contributed by atoms with van der Waals surface area (Å²) in [6.45, 7) is 2.40. The van der Waals surface area contributed by atoms with Crippen LogP contribution in [0, 0.1) is 5.92 Å². The predicted molar refractivity (Wildman–Crippen MR) is 78.9 cm³/mol. The second-order valence-electron chi connectivity index (χ2n) is 4.51. The Kier molecular flexibility index (Phi) is 6.48. The summed E-state index contributed by atoms with van der Waals surface area (Å²) in [5, 5.41) is 3.03. The van der Waals surface area contributed by atoms with Crippen LogP contribution in [0.3, 0.4) is 0 Å². The standard InChI is InChI=1S/C14H19ClN2O3/c1-9(4-3-7-16)13(18)17-10-5-6-12(15)11(8-10)14(19)20-2/h5-6,8-9H,3-4,7,16H2,1-2H3,(H,17,18). The number of carbonyl (C=O) groups excluding carboxylic acids is 2. The Bertz CT molecular complexity index is 491. The molecule has 1 aromatic rings. The number of halogens is 1. The number of anilines is 1. The predicted octanol–water partition coefficient (Wildman–Crippen LogP) is 2.44. The third-order valence-corrected chi connectivity index (χ3v) is 3.26. The normalized spacial score (nSPS) is 11.8. The van der Waals surface area contributed by atoms with Crippen LogP contribution in [0.2, 0.25) is 5.02 Å². The summed E-state index contributed by atoms with van der Waals surface area (Å²) >= 11 is 5.91. The summed E-state index contributed by atoms with van der Waals surface area (Å²) in [4.78, 5) is 23.5. The van der Waals surface area contributed by atoms with E-state index >= 15 is 0 Å². The minimum atomic E-state index is -0.540. The third-order valence-electron chi connectivity index (χ3n) is 2.93. The molecule has 0 aliphatic carbocycles. The van der Waals surface area contributed by atoms with Gasteiger partial charge in [-0.3, -0.25) is 4.79 Å². The lowest BCUT2D eigenvalue weighted by atomic mass is 10.0. The van der Waals surface area contributed by atoms with E-state index in [1.54, 1.807) is 12.1 Å². The number of methoxy groups -OCH3 is 1. The van der Waals surface area contributed by atoms with Gasteiger partial charge in [0, 0.05) is 11.6 Å². The van der Waals surface area contributed by atoms with Crippen molar-refractivity contribution in [2.24, 2.45) is 11.7 Å². The number of esters is 1. The van der Waals surface area contributed by atoms with Crippen LogP contribution < -0.4 is 11.1 Å². The van der Waals surface area contributed by atoms with E-state index < -0.39 is 5.97 Å². The minimum Gasteiger partial charge on any atom is -0.465 e. The van der Waals surface area contributed by atoms with Crippen LogP contribution in [-0.2, 0) is 9.53 Å². The van der Waals surface area contributed by atoms with E-state index in [1.807, 2.05) is 6.92 Å². The second kappa shape index (κ2) is 7.87. The monoisotopic (exact) mass is 298 g/mol. The van der Waals surface area contributed by atoms with Gasteiger partial charge in [0.25, 0.3) is 0 Å². The number of hydrogen-bond donors (Lipinski definition) is 2. The summed E-state index contributed by atoms with van der Waals surface area (Å²) < 4.78 is 4.63. The highest BCUT2D eigenvalue weighted by Crippen LogP contribution is 2.22. The Hall–Kier alpha value is -1.59. The zero-order valence-electron chi connectivity index (χ0n) is 11.6. The van der Waals surface area contributed by atoms with Gasteiger partial charge in [-0.1, -0.05) is 18.5 Å². The van der Waals surface area contributed by atoms with Gasteiger partial charge in [0.2, 0.25) is 5.91 Å². The molecule has 0 aliphatic heterocycles. The number of carbonyl (C=O) groups is 2. The molecule has 0 aliphatic rings. The van der Waals surface area contributed by atoms with E-state index in [0.717, 1.165) is 12.8 Å². The first kappa shape index (κ1) is 16.5. The van der Waals surface area contributed by atoms with Gasteiger partial charge in [0.1, 0.15) is 0 Å². The van der Waals surface area contributed by atoms with Crippen molar-refractivity contribution < 1.29 is 14.3 Å². The number of nitrogens with one attached hydrogen (secondary N) is 1. The molecule has 3 N–H and O–H groups in total. The lowest BCUT2D eigenvalue weighted by Gasteiger charge is -2.12. The molecular formula is C14H19ClN2O3. The summed E-state index contributed by atoms with van der Waals surface area (Å²) in [5.41, 5.74) is 6.15. The van der Waals surface area contributed by atoms with Crippen LogP contribution in [0.15, 0.2) is 18.2 Å². The largest absolute Gasteiger partial charge is 0.465 e. The van der Waals surface area contributed by atoms with Gasteiger partial charge >= 0.3 is 5.97 Å². The van der Waals surface area contributed by atoms with Crippen molar-refractivity contribution in [1.29, 1.82) is 0 Å². The highest BCUT2D eigenvalue weighted by Gasteiger charge is 2.15. The maximum Gasteiger partial charge on any atom is 0.339 e. The van der Waals surface area contributed by atoms with Crippen molar-refractivity contribution >= 4 is 29.2 Å². The smallest absolute Gasteiger partial charge is 0.339 e. The van der Waals surface area contributed by atoms with Gasteiger partial charge in [0.05, 0.1) is 17.7 Å². The molecule has 1 aromatic carbocycles. The van der Waals surface area contributed by atoms with Gasteiger partial charge in [0.15, 0.2) is 0 Å². The first-order chi connectivity index (χ1) is 9.49. The number of hydrogen-bond acceptors (Lipinski definition) is 4. The van der Waals surface area contributed by atoms with Gasteiger partial charge in [-0.05, 0) is 37.6 Å². The van der Waals surface area contributed by atoms with Crippen molar-refractivity contribution in [1.82, 2.24) is 0 Å². The molecule has 20 heavy (non-hydrogen) atoms. The van der Waals surface area contributed by atoms with Crippen LogP contribution in [-0.4, -0.2) is 25.5 Å². The van der Waals surface area contributed by atoms with Crippen molar-refractivity contribution in [3.8, 4) is 0 Å². The number of amides is 1. The maximum absolute atomic E-state index is 12.0. The number of ether oxygens (including phenoxy) is 1. The van der Waals surface area contributed by atoms with Crippen LogP contribution >= 0.6 is 11.6 Å². The van der Waals surface area contributed by atoms with E-state index in [-0.39, 0.29) is 22.4 Å². The topological polar surface area (TPSA) is 81.4 Å². The molecule has 1 atom stereocenters. The van der Waals surface area contributed by atoms with Crippen molar-refractivity contribution in [2.75, 3.05) is 19.0 Å². The van der Waals surface area contributed by atoms with Crippen LogP contribution in [0.25, 0.3) is 0 Å². The Morgan fingerprint density at radius 2 is 2.15 bits per heavy atom. The molecule has 0 fully saturated rings. The number of benzene rings is 1. The Morgan fingerprint density at radius 1 is 1.45 bits per heavy atom. The zero-order chi connectivity index (χ0) is 15.1. The molecule has 0 heterocycles. The number of rotatable bonds is 6. The summed E-state index contributed by atoms with van der Waals surface area (Å²) in [6.07, 6.45) is 1.52. The Labute approximate surface area is 123 Å². The molecule has 0 spiro atoms. The molecule has 110 valence electrons. The van der Waals surface area contributed by atoms with Crippen LogP contribution in [0.4, 0.5) is 5.69 Å². The molecule has 0 aromatic heterocycles. The van der Waals surface area contributed by atoms with E-state index in [4.69, 9.17) is 17.3 Å². The van der Waals surface area contributed by atoms with Crippen LogP contribution in [0.5, 0.6) is 0 Å². The fraction of sp³-hybridized carbons (Fsp3) is 0.429. The van der Waals surface area contributed by atoms with Crippen molar-refractivity contribution in [2.45, 2.75) is 19.8 Å². The zero-order valence-corrected chi connectivity index (χ0v) is 12.4. The van der Waals surface area contributed by atoms with E-state index in [1.165, 1.54) is 13.2 Å². The van der Waals surface area contributed by atoms with E-state index in [2.05, 4.69) is 10.1 Å². The van der Waals surface area contributed by atoms with Crippen molar-refractivity contribution in [3.05, 3.63) is 28.8 Å². The fourth-order valence-corrected chi connectivity index (χ4v) is 1.88. The molecule has 1 rings (SSSR count). The minimum absolute atomic E-state index is 0.114. The first-order valence-electron chi connectivity index (χ1n) is 6.38. The molecule has 0 saturated heterocycles. The molecule has 0 saturated carbocycles. The first-order valence-corrected chi connectivity index (χ1v) is 6.76. The quantitative estimate of drug-likeness (QED) is 0.790. The SMILES string of the molecule is COC(=O)c1cc(NC(=O)C(C)CCCN)ccc1Cl. The Morgan fingerprint density at radius 3 is 2.75 bits per heavy atom. The molecule has 1 amide bonds. The summed E-state index contributed by atoms with van der Waals surface area (Å²) in [7, 11) is 1.28. The van der Waals surface area contributed by atoms with E-state index in [9.17, 15) is 9.59 Å². The van der Waals surface area contributed by atoms with E-state index in [0.29, 0.717) is 12.2 Å². The second-order valence-corrected chi connectivity index (χ2v) is 4.91. The molecule has 6 heteroatoms. The lowest BCUT2D eigenvalue weighted by molar-refractivity contribution is -0.119. The fourth-order valence-electron chi connectivity index (χ4n) is 1.69. The Balaban J connectivity index is 2.78. The third kappa shape index (κ3) is 4.51. The van der Waals surface area contributed by atoms with Crippen molar-refractivity contribution in [3.63, 3.8) is 0 Å². The van der Waals surface area contributed by atoms with Gasteiger partial charge in [-0.25, -0.2) is 4.79 Å².